The molecule has 1 N–H and O–H groups in total. The normalized spacial score (nSPS) is 13.0. The predicted molar refractivity (Wildman–Crippen MR) is 49.6 cm³/mol. The van der Waals surface area contributed by atoms with Crippen LogP contribution in [0, 0.1) is 0 Å². The van der Waals surface area contributed by atoms with E-state index in [4.69, 9.17) is 5.11 Å². The molecule has 0 saturated heterocycles. The average molecular weight is 256 g/mol. The van der Waals surface area contributed by atoms with Crippen molar-refractivity contribution in [2.75, 3.05) is 0 Å². The first-order chi connectivity index (χ1) is 4.66. The maximum atomic E-state index is 10.1. The van der Waals surface area contributed by atoms with E-state index in [0.717, 1.165) is 19.3 Å². The van der Waals surface area contributed by atoms with E-state index in [9.17, 15) is 4.79 Å². The highest BCUT2D eigenvalue weighted by atomic mass is 127. The molecule has 2 nitrogen and oxygen atoms in total. The van der Waals surface area contributed by atoms with Crippen LogP contribution in [0.2, 0.25) is 0 Å². The molecule has 0 amide bonds. The Hall–Kier alpha value is 0.200. The molecule has 3 heteroatoms. The zero-order valence-electron chi connectivity index (χ0n) is 6.14. The van der Waals surface area contributed by atoms with Crippen molar-refractivity contribution in [1.29, 1.82) is 0 Å². The summed E-state index contributed by atoms with van der Waals surface area (Å²) in [7, 11) is 0. The standard InChI is InChI=1S/C7H13IO2/c1-2-6(8)4-3-5-7(9)10/h6H,2-5H2,1H3,(H,9,10). The molecule has 60 valence electrons. The number of carbonyl (C=O) groups is 1. The number of alkyl halides is 1. The average Bonchev–Trinajstić information content (AvgIpc) is 1.87. The van der Waals surface area contributed by atoms with E-state index in [1.54, 1.807) is 0 Å². The van der Waals surface area contributed by atoms with Gasteiger partial charge in [-0.1, -0.05) is 29.5 Å². The number of carboxylic acids is 1. The lowest BCUT2D eigenvalue weighted by Crippen LogP contribution is -1.99. The largest absolute Gasteiger partial charge is 0.481 e. The molecule has 1 atom stereocenters. The Balaban J connectivity index is 3.11. The molecule has 10 heavy (non-hydrogen) atoms. The van der Waals surface area contributed by atoms with Gasteiger partial charge in [0.25, 0.3) is 0 Å². The Morgan fingerprint density at radius 1 is 1.70 bits per heavy atom. The van der Waals surface area contributed by atoms with E-state index in [2.05, 4.69) is 29.5 Å². The molecular weight excluding hydrogens is 243 g/mol. The summed E-state index contributed by atoms with van der Waals surface area (Å²) in [6.45, 7) is 2.12. The Labute approximate surface area is 75.1 Å². The molecule has 0 rings (SSSR count). The van der Waals surface area contributed by atoms with Crippen LogP contribution in [0.25, 0.3) is 0 Å². The van der Waals surface area contributed by atoms with E-state index in [1.807, 2.05) is 0 Å². The number of aliphatic carboxylic acids is 1. The highest BCUT2D eigenvalue weighted by Gasteiger charge is 2.01. The van der Waals surface area contributed by atoms with Gasteiger partial charge in [0, 0.05) is 10.3 Å². The van der Waals surface area contributed by atoms with Crippen LogP contribution < -0.4 is 0 Å². The predicted octanol–water partition coefficient (Wildman–Crippen LogP) is 2.45. The maximum Gasteiger partial charge on any atom is 0.303 e. The zero-order chi connectivity index (χ0) is 7.98. The molecule has 0 saturated carbocycles. The van der Waals surface area contributed by atoms with Gasteiger partial charge in [-0.3, -0.25) is 4.79 Å². The Morgan fingerprint density at radius 2 is 2.30 bits per heavy atom. The summed E-state index contributed by atoms with van der Waals surface area (Å²) >= 11 is 2.36. The van der Waals surface area contributed by atoms with E-state index in [1.165, 1.54) is 0 Å². The van der Waals surface area contributed by atoms with Crippen LogP contribution in [0.5, 0.6) is 0 Å². The van der Waals surface area contributed by atoms with E-state index in [0.29, 0.717) is 10.3 Å². The molecule has 0 aromatic rings. The van der Waals surface area contributed by atoms with Crippen molar-refractivity contribution < 1.29 is 9.90 Å². The van der Waals surface area contributed by atoms with E-state index < -0.39 is 5.97 Å². The first-order valence-corrected chi connectivity index (χ1v) is 4.77. The van der Waals surface area contributed by atoms with Gasteiger partial charge in [0.05, 0.1) is 0 Å². The lowest BCUT2D eigenvalue weighted by molar-refractivity contribution is -0.137. The van der Waals surface area contributed by atoms with E-state index >= 15 is 0 Å². The fourth-order valence-corrected chi connectivity index (χ4v) is 1.12. The third kappa shape index (κ3) is 6.32. The van der Waals surface area contributed by atoms with Gasteiger partial charge in [0.2, 0.25) is 0 Å². The molecule has 0 radical (unpaired) electrons. The van der Waals surface area contributed by atoms with Crippen molar-refractivity contribution in [3.63, 3.8) is 0 Å². The third-order valence-electron chi connectivity index (χ3n) is 1.35. The van der Waals surface area contributed by atoms with Crippen molar-refractivity contribution >= 4 is 28.6 Å². The monoisotopic (exact) mass is 256 g/mol. The van der Waals surface area contributed by atoms with Gasteiger partial charge in [0.15, 0.2) is 0 Å². The molecule has 0 aliphatic carbocycles. The molecule has 1 unspecified atom stereocenters. The van der Waals surface area contributed by atoms with Crippen molar-refractivity contribution in [1.82, 2.24) is 0 Å². The molecule has 0 aromatic carbocycles. The molecule has 0 spiro atoms. The van der Waals surface area contributed by atoms with Gasteiger partial charge in [-0.25, -0.2) is 0 Å². The van der Waals surface area contributed by atoms with Crippen molar-refractivity contribution in [2.24, 2.45) is 0 Å². The van der Waals surface area contributed by atoms with Crippen LogP contribution in [0.15, 0.2) is 0 Å². The van der Waals surface area contributed by atoms with Crippen LogP contribution in [0.4, 0.5) is 0 Å². The Kier molecular flexibility index (Phi) is 6.06. The number of hydrogen-bond acceptors (Lipinski definition) is 1. The molecule has 0 aliphatic rings. The molecular formula is C7H13IO2. The highest BCUT2D eigenvalue weighted by molar-refractivity contribution is 14.1. The molecule has 0 aliphatic heterocycles. The summed E-state index contributed by atoms with van der Waals surface area (Å²) in [5, 5.41) is 8.30. The van der Waals surface area contributed by atoms with Crippen LogP contribution in [0.3, 0.4) is 0 Å². The Bertz CT molecular complexity index is 104. The van der Waals surface area contributed by atoms with Gasteiger partial charge in [-0.2, -0.15) is 0 Å². The summed E-state index contributed by atoms with van der Waals surface area (Å²) in [4.78, 5) is 10.1. The smallest absolute Gasteiger partial charge is 0.303 e. The zero-order valence-corrected chi connectivity index (χ0v) is 8.30. The van der Waals surface area contributed by atoms with Crippen molar-refractivity contribution in [3.8, 4) is 0 Å². The Morgan fingerprint density at radius 3 is 2.70 bits per heavy atom. The molecule has 0 bridgehead atoms. The molecule has 0 aromatic heterocycles. The number of halogens is 1. The quantitative estimate of drug-likeness (QED) is 0.606. The summed E-state index contributed by atoms with van der Waals surface area (Å²) in [6, 6.07) is 0. The second kappa shape index (κ2) is 5.95. The van der Waals surface area contributed by atoms with Crippen LogP contribution in [-0.2, 0) is 4.79 Å². The maximum absolute atomic E-state index is 10.1. The number of hydrogen-bond donors (Lipinski definition) is 1. The topological polar surface area (TPSA) is 37.3 Å². The summed E-state index contributed by atoms with van der Waals surface area (Å²) in [6.07, 6.45) is 3.31. The first kappa shape index (κ1) is 10.2. The van der Waals surface area contributed by atoms with E-state index in [-0.39, 0.29) is 0 Å². The van der Waals surface area contributed by atoms with Crippen LogP contribution >= 0.6 is 22.6 Å². The minimum absolute atomic E-state index is 0.319. The molecule has 0 heterocycles. The van der Waals surface area contributed by atoms with Crippen molar-refractivity contribution in [3.05, 3.63) is 0 Å². The van der Waals surface area contributed by atoms with Gasteiger partial charge in [-0.05, 0) is 19.3 Å². The highest BCUT2D eigenvalue weighted by Crippen LogP contribution is 2.13. The second-order valence-corrected chi connectivity index (χ2v) is 4.05. The minimum Gasteiger partial charge on any atom is -0.481 e. The third-order valence-corrected chi connectivity index (χ3v) is 2.85. The lowest BCUT2D eigenvalue weighted by atomic mass is 10.2. The lowest BCUT2D eigenvalue weighted by Gasteiger charge is -2.03. The minimum atomic E-state index is -0.681. The van der Waals surface area contributed by atoms with Crippen LogP contribution in [0.1, 0.15) is 32.6 Å². The van der Waals surface area contributed by atoms with Gasteiger partial charge in [-0.15, -0.1) is 0 Å². The van der Waals surface area contributed by atoms with Gasteiger partial charge >= 0.3 is 5.97 Å². The first-order valence-electron chi connectivity index (χ1n) is 3.52. The van der Waals surface area contributed by atoms with Gasteiger partial charge < -0.3 is 5.11 Å². The summed E-state index contributed by atoms with van der Waals surface area (Å²) < 4.78 is 0.650. The fraction of sp³-hybridized carbons (Fsp3) is 0.857. The number of carboxylic acid groups (broad SMARTS) is 1. The summed E-state index contributed by atoms with van der Waals surface area (Å²) in [5.74, 6) is -0.681. The fourth-order valence-electron chi connectivity index (χ4n) is 0.679. The van der Waals surface area contributed by atoms with Gasteiger partial charge in [0.1, 0.15) is 0 Å². The van der Waals surface area contributed by atoms with Crippen LogP contribution in [-0.4, -0.2) is 15.0 Å². The molecule has 0 fully saturated rings. The number of rotatable bonds is 5. The summed E-state index contributed by atoms with van der Waals surface area (Å²) in [5.41, 5.74) is 0. The van der Waals surface area contributed by atoms with Crippen molar-refractivity contribution in [2.45, 2.75) is 36.5 Å². The SMILES string of the molecule is CCC(I)CCCC(=O)O. The second-order valence-electron chi connectivity index (χ2n) is 2.29.